The first-order chi connectivity index (χ1) is 9.06. The Morgan fingerprint density at radius 1 is 1.58 bits per heavy atom. The van der Waals surface area contributed by atoms with Crippen LogP contribution in [0.4, 0.5) is 5.69 Å². The minimum atomic E-state index is -1.01. The van der Waals surface area contributed by atoms with Crippen LogP contribution < -0.4 is 10.5 Å². The third kappa shape index (κ3) is 3.61. The third-order valence-electron chi connectivity index (χ3n) is 3.43. The van der Waals surface area contributed by atoms with E-state index in [9.17, 15) is 4.79 Å². The van der Waals surface area contributed by atoms with Crippen molar-refractivity contribution in [1.29, 1.82) is 0 Å². The Balaban J connectivity index is 2.01. The van der Waals surface area contributed by atoms with E-state index in [0.717, 1.165) is 25.9 Å². The highest BCUT2D eigenvalue weighted by Gasteiger charge is 2.19. The molecule has 1 saturated heterocycles. The van der Waals surface area contributed by atoms with Gasteiger partial charge in [0.2, 0.25) is 0 Å². The number of hydrogen-bond acceptors (Lipinski definition) is 4. The number of carbonyl (C=O) groups is 1. The summed E-state index contributed by atoms with van der Waals surface area (Å²) in [6.45, 7) is 2.67. The summed E-state index contributed by atoms with van der Waals surface area (Å²) >= 11 is 0. The molecule has 1 aliphatic rings. The van der Waals surface area contributed by atoms with Crippen molar-refractivity contribution in [1.82, 2.24) is 4.90 Å². The standard InChI is InChI=1S/C14H20N2O3/c1-16-6-2-3-10(8-16)9-19-13-5-4-11(15)7-12(13)14(17)18/h4-5,7,10H,2-3,6,8-9,15H2,1H3,(H,17,18). The number of nitrogen functional groups attached to an aromatic ring is 1. The number of likely N-dealkylation sites (tertiary alicyclic amines) is 1. The van der Waals surface area contributed by atoms with Crippen LogP contribution in [0, 0.1) is 5.92 Å². The van der Waals surface area contributed by atoms with Crippen molar-refractivity contribution in [2.45, 2.75) is 12.8 Å². The first kappa shape index (κ1) is 13.7. The van der Waals surface area contributed by atoms with E-state index in [1.807, 2.05) is 0 Å². The Morgan fingerprint density at radius 3 is 3.05 bits per heavy atom. The number of piperidine rings is 1. The van der Waals surface area contributed by atoms with Gasteiger partial charge in [-0.05, 0) is 44.6 Å². The van der Waals surface area contributed by atoms with Crippen molar-refractivity contribution in [2.75, 3.05) is 32.5 Å². The van der Waals surface area contributed by atoms with E-state index in [-0.39, 0.29) is 5.56 Å². The van der Waals surface area contributed by atoms with Gasteiger partial charge >= 0.3 is 5.97 Å². The lowest BCUT2D eigenvalue weighted by Crippen LogP contribution is -2.34. The van der Waals surface area contributed by atoms with Crippen LogP contribution in [0.1, 0.15) is 23.2 Å². The molecule has 0 spiro atoms. The highest BCUT2D eigenvalue weighted by molar-refractivity contribution is 5.92. The van der Waals surface area contributed by atoms with Crippen LogP contribution in [-0.2, 0) is 0 Å². The monoisotopic (exact) mass is 264 g/mol. The van der Waals surface area contributed by atoms with Gasteiger partial charge in [-0.15, -0.1) is 0 Å². The summed E-state index contributed by atoms with van der Waals surface area (Å²) in [6.07, 6.45) is 2.29. The molecule has 1 aliphatic heterocycles. The van der Waals surface area contributed by atoms with Crippen LogP contribution in [-0.4, -0.2) is 42.7 Å². The fourth-order valence-corrected chi connectivity index (χ4v) is 2.46. The highest BCUT2D eigenvalue weighted by Crippen LogP contribution is 2.23. The van der Waals surface area contributed by atoms with Crippen molar-refractivity contribution in [2.24, 2.45) is 5.92 Å². The van der Waals surface area contributed by atoms with Crippen LogP contribution >= 0.6 is 0 Å². The van der Waals surface area contributed by atoms with E-state index < -0.39 is 5.97 Å². The molecule has 5 heteroatoms. The van der Waals surface area contributed by atoms with Gasteiger partial charge in [0.05, 0.1) is 6.61 Å². The zero-order chi connectivity index (χ0) is 13.8. The number of nitrogens with zero attached hydrogens (tertiary/aromatic N) is 1. The van der Waals surface area contributed by atoms with Crippen LogP contribution in [0.2, 0.25) is 0 Å². The first-order valence-corrected chi connectivity index (χ1v) is 6.50. The van der Waals surface area contributed by atoms with Crippen LogP contribution in [0.25, 0.3) is 0 Å². The van der Waals surface area contributed by atoms with E-state index in [1.165, 1.54) is 6.07 Å². The highest BCUT2D eigenvalue weighted by atomic mass is 16.5. The topological polar surface area (TPSA) is 75.8 Å². The van der Waals surface area contributed by atoms with Gasteiger partial charge in [-0.3, -0.25) is 0 Å². The van der Waals surface area contributed by atoms with E-state index >= 15 is 0 Å². The molecule has 1 fully saturated rings. The number of rotatable bonds is 4. The summed E-state index contributed by atoms with van der Waals surface area (Å²) in [7, 11) is 2.10. The van der Waals surface area contributed by atoms with Crippen molar-refractivity contribution in [3.8, 4) is 5.75 Å². The average Bonchev–Trinajstić information content (AvgIpc) is 2.37. The Hall–Kier alpha value is -1.75. The number of hydrogen-bond donors (Lipinski definition) is 2. The third-order valence-corrected chi connectivity index (χ3v) is 3.43. The molecule has 1 unspecified atom stereocenters. The predicted octanol–water partition coefficient (Wildman–Crippen LogP) is 1.69. The van der Waals surface area contributed by atoms with Gasteiger partial charge in [-0.1, -0.05) is 0 Å². The molecule has 0 amide bonds. The van der Waals surface area contributed by atoms with Crippen molar-refractivity contribution >= 4 is 11.7 Å². The maximum atomic E-state index is 11.1. The number of carboxylic acid groups (broad SMARTS) is 1. The smallest absolute Gasteiger partial charge is 0.339 e. The lowest BCUT2D eigenvalue weighted by atomic mass is 9.99. The van der Waals surface area contributed by atoms with E-state index in [2.05, 4.69) is 11.9 Å². The summed E-state index contributed by atoms with van der Waals surface area (Å²) in [4.78, 5) is 13.4. The number of aromatic carboxylic acids is 1. The van der Waals surface area contributed by atoms with Crippen LogP contribution in [0.5, 0.6) is 5.75 Å². The fourth-order valence-electron chi connectivity index (χ4n) is 2.46. The molecule has 104 valence electrons. The molecule has 1 heterocycles. The summed E-state index contributed by atoms with van der Waals surface area (Å²) in [6, 6.07) is 4.73. The normalized spacial score (nSPS) is 20.2. The predicted molar refractivity (Wildman–Crippen MR) is 73.5 cm³/mol. The maximum Gasteiger partial charge on any atom is 0.339 e. The Morgan fingerprint density at radius 2 is 2.37 bits per heavy atom. The molecule has 1 aromatic rings. The number of nitrogens with two attached hydrogens (primary N) is 1. The largest absolute Gasteiger partial charge is 0.492 e. The number of ether oxygens (including phenoxy) is 1. The molecule has 5 nitrogen and oxygen atoms in total. The minimum absolute atomic E-state index is 0.129. The van der Waals surface area contributed by atoms with Crippen molar-refractivity contribution in [3.05, 3.63) is 23.8 Å². The number of carboxylic acids is 1. The zero-order valence-electron chi connectivity index (χ0n) is 11.1. The minimum Gasteiger partial charge on any atom is -0.492 e. The second-order valence-corrected chi connectivity index (χ2v) is 5.14. The SMILES string of the molecule is CN1CCCC(COc2ccc(N)cc2C(=O)O)C1. The van der Waals surface area contributed by atoms with Gasteiger partial charge in [0.25, 0.3) is 0 Å². The molecule has 0 radical (unpaired) electrons. The van der Waals surface area contributed by atoms with E-state index in [0.29, 0.717) is 24.0 Å². The van der Waals surface area contributed by atoms with Gasteiger partial charge in [-0.25, -0.2) is 4.79 Å². The lowest BCUT2D eigenvalue weighted by molar-refractivity contribution is 0.0689. The zero-order valence-corrected chi connectivity index (χ0v) is 11.1. The molecule has 3 N–H and O–H groups in total. The van der Waals surface area contributed by atoms with Gasteiger partial charge in [0.1, 0.15) is 11.3 Å². The molecule has 0 aromatic heterocycles. The van der Waals surface area contributed by atoms with Gasteiger partial charge < -0.3 is 20.5 Å². The van der Waals surface area contributed by atoms with E-state index in [4.69, 9.17) is 15.6 Å². The Labute approximate surface area is 113 Å². The fraction of sp³-hybridized carbons (Fsp3) is 0.500. The second kappa shape index (κ2) is 5.93. The van der Waals surface area contributed by atoms with E-state index in [1.54, 1.807) is 12.1 Å². The molecular formula is C14H20N2O3. The molecule has 2 rings (SSSR count). The van der Waals surface area contributed by atoms with Gasteiger partial charge in [0, 0.05) is 18.2 Å². The molecule has 1 atom stereocenters. The molecule has 0 saturated carbocycles. The Bertz CT molecular complexity index is 462. The summed E-state index contributed by atoms with van der Waals surface area (Å²) in [5, 5.41) is 9.13. The maximum absolute atomic E-state index is 11.1. The van der Waals surface area contributed by atoms with Crippen molar-refractivity contribution in [3.63, 3.8) is 0 Å². The summed E-state index contributed by atoms with van der Waals surface area (Å²) in [5.74, 6) is -0.157. The molecular weight excluding hydrogens is 244 g/mol. The molecule has 19 heavy (non-hydrogen) atoms. The molecule has 0 bridgehead atoms. The van der Waals surface area contributed by atoms with Crippen LogP contribution in [0.15, 0.2) is 18.2 Å². The first-order valence-electron chi connectivity index (χ1n) is 6.50. The van der Waals surface area contributed by atoms with Gasteiger partial charge in [-0.2, -0.15) is 0 Å². The molecule has 1 aromatic carbocycles. The Kier molecular flexibility index (Phi) is 4.27. The van der Waals surface area contributed by atoms with Crippen molar-refractivity contribution < 1.29 is 14.6 Å². The van der Waals surface area contributed by atoms with Gasteiger partial charge in [0.15, 0.2) is 0 Å². The molecule has 0 aliphatic carbocycles. The lowest BCUT2D eigenvalue weighted by Gasteiger charge is -2.29. The quantitative estimate of drug-likeness (QED) is 0.809. The number of benzene rings is 1. The average molecular weight is 264 g/mol. The summed E-state index contributed by atoms with van der Waals surface area (Å²) in [5.41, 5.74) is 6.16. The van der Waals surface area contributed by atoms with Crippen LogP contribution in [0.3, 0.4) is 0 Å². The summed E-state index contributed by atoms with van der Waals surface area (Å²) < 4.78 is 5.68. The number of anilines is 1. The second-order valence-electron chi connectivity index (χ2n) is 5.14.